The van der Waals surface area contributed by atoms with Crippen LogP contribution in [0.1, 0.15) is 22.5 Å². The summed E-state index contributed by atoms with van der Waals surface area (Å²) in [6.45, 7) is 1.90. The molecule has 0 spiro atoms. The fraction of sp³-hybridized carbons (Fsp3) is 0.350. The van der Waals surface area contributed by atoms with E-state index in [2.05, 4.69) is 43.2 Å². The highest BCUT2D eigenvalue weighted by molar-refractivity contribution is 9.10. The third kappa shape index (κ3) is 3.69. The summed E-state index contributed by atoms with van der Waals surface area (Å²) in [5, 5.41) is 5.31. The molecule has 7 heteroatoms. The van der Waals surface area contributed by atoms with Crippen LogP contribution in [0.5, 0.6) is 0 Å². The number of anilines is 1. The maximum atomic E-state index is 12.1. The van der Waals surface area contributed by atoms with Crippen LogP contribution in [0.15, 0.2) is 41.1 Å². The van der Waals surface area contributed by atoms with Crippen LogP contribution in [0.2, 0.25) is 0 Å². The van der Waals surface area contributed by atoms with E-state index in [-0.39, 0.29) is 0 Å². The molecule has 1 aliphatic rings. The highest BCUT2D eigenvalue weighted by atomic mass is 79.9. The van der Waals surface area contributed by atoms with Crippen LogP contribution in [0.3, 0.4) is 0 Å². The minimum absolute atomic E-state index is 0.345. The van der Waals surface area contributed by atoms with E-state index in [0.717, 1.165) is 47.0 Å². The number of carbonyl (C=O) groups excluding carboxylic acids is 1. The molecule has 140 valence electrons. The van der Waals surface area contributed by atoms with Crippen molar-refractivity contribution in [2.45, 2.75) is 12.8 Å². The predicted molar refractivity (Wildman–Crippen MR) is 108 cm³/mol. The second-order valence-electron chi connectivity index (χ2n) is 7.01. The lowest BCUT2D eigenvalue weighted by Crippen LogP contribution is -2.21. The molecule has 0 aliphatic carbocycles. The number of esters is 1. The fourth-order valence-corrected chi connectivity index (χ4v) is 4.14. The van der Waals surface area contributed by atoms with Crippen molar-refractivity contribution >= 4 is 38.5 Å². The number of pyridine rings is 1. The van der Waals surface area contributed by atoms with Crippen molar-refractivity contribution in [1.29, 1.82) is 0 Å². The molecule has 3 aromatic rings. The molecule has 1 unspecified atom stereocenters. The van der Waals surface area contributed by atoms with Crippen LogP contribution < -0.4 is 4.90 Å². The van der Waals surface area contributed by atoms with Crippen LogP contribution in [0.4, 0.5) is 5.69 Å². The Morgan fingerprint density at radius 3 is 2.96 bits per heavy atom. The number of ether oxygens (including phenoxy) is 1. The van der Waals surface area contributed by atoms with Crippen LogP contribution in [-0.2, 0) is 18.2 Å². The summed E-state index contributed by atoms with van der Waals surface area (Å²) in [7, 11) is 3.33. The van der Waals surface area contributed by atoms with Gasteiger partial charge in [0, 0.05) is 41.9 Å². The van der Waals surface area contributed by atoms with E-state index in [4.69, 9.17) is 4.74 Å². The van der Waals surface area contributed by atoms with Gasteiger partial charge in [-0.1, -0.05) is 15.9 Å². The zero-order valence-electron chi connectivity index (χ0n) is 15.4. The SMILES string of the molecule is COC(=O)c1cc(N2CCC(Cc3cnn(C)c3)C2)c2cc(Br)ccc2n1. The van der Waals surface area contributed by atoms with Crippen molar-refractivity contribution in [2.24, 2.45) is 13.0 Å². The van der Waals surface area contributed by atoms with Crippen molar-refractivity contribution in [3.63, 3.8) is 0 Å². The third-order valence-electron chi connectivity index (χ3n) is 5.05. The van der Waals surface area contributed by atoms with E-state index in [1.165, 1.54) is 12.7 Å². The first-order valence-electron chi connectivity index (χ1n) is 8.94. The Morgan fingerprint density at radius 2 is 2.22 bits per heavy atom. The minimum Gasteiger partial charge on any atom is -0.464 e. The number of hydrogen-bond donors (Lipinski definition) is 0. The van der Waals surface area contributed by atoms with Gasteiger partial charge in [-0.2, -0.15) is 5.10 Å². The van der Waals surface area contributed by atoms with Gasteiger partial charge in [-0.15, -0.1) is 0 Å². The van der Waals surface area contributed by atoms with E-state index < -0.39 is 5.97 Å². The van der Waals surface area contributed by atoms with Gasteiger partial charge in [-0.3, -0.25) is 4.68 Å². The summed E-state index contributed by atoms with van der Waals surface area (Å²) in [6.07, 6.45) is 6.15. The summed E-state index contributed by atoms with van der Waals surface area (Å²) in [6, 6.07) is 7.79. The summed E-state index contributed by atoms with van der Waals surface area (Å²) < 4.78 is 7.73. The summed E-state index contributed by atoms with van der Waals surface area (Å²) in [5.74, 6) is 0.151. The first-order chi connectivity index (χ1) is 13.0. The highest BCUT2D eigenvalue weighted by Crippen LogP contribution is 2.33. The Morgan fingerprint density at radius 1 is 1.37 bits per heavy atom. The van der Waals surface area contributed by atoms with E-state index in [9.17, 15) is 4.79 Å². The largest absolute Gasteiger partial charge is 0.464 e. The molecule has 1 aromatic carbocycles. The van der Waals surface area contributed by atoms with Gasteiger partial charge in [0.05, 0.1) is 18.8 Å². The number of carbonyl (C=O) groups is 1. The maximum absolute atomic E-state index is 12.1. The standard InChI is InChI=1S/C20H21BrN4O2/c1-24-11-14(10-22-24)7-13-5-6-25(12-13)19-9-18(20(26)27-2)23-17-4-3-15(21)8-16(17)19/h3-4,8-11,13H,5-7,12H2,1-2H3. The number of hydrogen-bond acceptors (Lipinski definition) is 5. The first-order valence-corrected chi connectivity index (χ1v) is 9.74. The van der Waals surface area contributed by atoms with Gasteiger partial charge < -0.3 is 9.64 Å². The van der Waals surface area contributed by atoms with Crippen molar-refractivity contribution in [3.05, 3.63) is 52.4 Å². The number of aromatic nitrogens is 3. The van der Waals surface area contributed by atoms with Gasteiger partial charge in [0.15, 0.2) is 5.69 Å². The average Bonchev–Trinajstić information content (AvgIpc) is 3.29. The quantitative estimate of drug-likeness (QED) is 0.594. The second kappa shape index (κ2) is 7.31. The van der Waals surface area contributed by atoms with E-state index >= 15 is 0 Å². The van der Waals surface area contributed by atoms with Crippen LogP contribution in [0, 0.1) is 5.92 Å². The maximum Gasteiger partial charge on any atom is 0.356 e. The molecule has 1 atom stereocenters. The molecule has 3 heterocycles. The van der Waals surface area contributed by atoms with Crippen molar-refractivity contribution in [1.82, 2.24) is 14.8 Å². The second-order valence-corrected chi connectivity index (χ2v) is 7.92. The van der Waals surface area contributed by atoms with Crippen molar-refractivity contribution in [3.8, 4) is 0 Å². The lowest BCUT2D eigenvalue weighted by molar-refractivity contribution is 0.0594. The molecule has 0 amide bonds. The molecule has 0 saturated carbocycles. The Hall–Kier alpha value is -2.41. The van der Waals surface area contributed by atoms with Gasteiger partial charge >= 0.3 is 5.97 Å². The monoisotopic (exact) mass is 428 g/mol. The lowest BCUT2D eigenvalue weighted by Gasteiger charge is -2.21. The number of benzene rings is 1. The highest BCUT2D eigenvalue weighted by Gasteiger charge is 2.26. The number of fused-ring (bicyclic) bond motifs is 1. The smallest absolute Gasteiger partial charge is 0.356 e. The number of halogens is 1. The molecule has 0 radical (unpaired) electrons. The normalized spacial score (nSPS) is 16.9. The van der Waals surface area contributed by atoms with Crippen LogP contribution >= 0.6 is 15.9 Å². The van der Waals surface area contributed by atoms with Gasteiger partial charge in [-0.25, -0.2) is 9.78 Å². The summed E-state index contributed by atoms with van der Waals surface area (Å²) in [4.78, 5) is 18.9. The van der Waals surface area contributed by atoms with Gasteiger partial charge in [0.25, 0.3) is 0 Å². The van der Waals surface area contributed by atoms with E-state index in [0.29, 0.717) is 11.6 Å². The number of nitrogens with zero attached hydrogens (tertiary/aromatic N) is 4. The molecular weight excluding hydrogens is 408 g/mol. The molecule has 6 nitrogen and oxygen atoms in total. The van der Waals surface area contributed by atoms with Crippen LogP contribution in [-0.4, -0.2) is 40.9 Å². The molecule has 27 heavy (non-hydrogen) atoms. The summed E-state index contributed by atoms with van der Waals surface area (Å²) >= 11 is 3.55. The summed E-state index contributed by atoms with van der Waals surface area (Å²) in [5.41, 5.74) is 3.45. The lowest BCUT2D eigenvalue weighted by atomic mass is 10.0. The molecule has 1 fully saturated rings. The number of rotatable bonds is 4. The Bertz CT molecular complexity index is 1000. The fourth-order valence-electron chi connectivity index (χ4n) is 3.78. The third-order valence-corrected chi connectivity index (χ3v) is 5.55. The molecular formula is C20H21BrN4O2. The van der Waals surface area contributed by atoms with Crippen LogP contribution in [0.25, 0.3) is 10.9 Å². The molecule has 1 aliphatic heterocycles. The van der Waals surface area contributed by atoms with Gasteiger partial charge in [-0.05, 0) is 48.6 Å². The zero-order valence-corrected chi connectivity index (χ0v) is 16.9. The van der Waals surface area contributed by atoms with E-state index in [1.54, 1.807) is 0 Å². The Balaban J connectivity index is 1.65. The molecule has 0 N–H and O–H groups in total. The van der Waals surface area contributed by atoms with Crippen molar-refractivity contribution < 1.29 is 9.53 Å². The van der Waals surface area contributed by atoms with Gasteiger partial charge in [0.1, 0.15) is 0 Å². The Kier molecular flexibility index (Phi) is 4.86. The van der Waals surface area contributed by atoms with Gasteiger partial charge in [0.2, 0.25) is 0 Å². The number of aryl methyl sites for hydroxylation is 1. The minimum atomic E-state index is -0.410. The van der Waals surface area contributed by atoms with Crippen molar-refractivity contribution in [2.75, 3.05) is 25.1 Å². The molecule has 2 aromatic heterocycles. The predicted octanol–water partition coefficient (Wildman–Crippen LogP) is 3.59. The zero-order chi connectivity index (χ0) is 19.0. The Labute approximate surface area is 166 Å². The average molecular weight is 429 g/mol. The van der Waals surface area contributed by atoms with E-state index in [1.807, 2.05) is 36.1 Å². The topological polar surface area (TPSA) is 60.2 Å². The molecule has 0 bridgehead atoms. The molecule has 4 rings (SSSR count). The first kappa shape index (κ1) is 18.0. The molecule has 1 saturated heterocycles. The number of methoxy groups -OCH3 is 1.